The Kier molecular flexibility index (Phi) is 2.91. The number of ether oxygens (including phenoxy) is 1. The minimum atomic E-state index is 0.983. The fourth-order valence-electron chi connectivity index (χ4n) is 1.94. The summed E-state index contributed by atoms with van der Waals surface area (Å²) >= 11 is 0. The van der Waals surface area contributed by atoms with Gasteiger partial charge in [-0.3, -0.25) is 0 Å². The zero-order valence-electron chi connectivity index (χ0n) is 9.29. The Bertz CT molecular complexity index is 460. The summed E-state index contributed by atoms with van der Waals surface area (Å²) in [5.74, 6) is 0.983. The number of fused-ring (bicyclic) bond motifs is 1. The second-order valence-corrected chi connectivity index (χ2v) is 3.77. The van der Waals surface area contributed by atoms with E-state index in [4.69, 9.17) is 4.74 Å². The largest absolute Gasteiger partial charge is 0.496 e. The Hall–Kier alpha value is -1.50. The molecule has 0 radical (unpaired) electrons. The predicted octanol–water partition coefficient (Wildman–Crippen LogP) is 3.80. The van der Waals surface area contributed by atoms with Gasteiger partial charge in [-0.25, -0.2) is 0 Å². The summed E-state index contributed by atoms with van der Waals surface area (Å²) in [6, 6.07) is 12.7. The van der Waals surface area contributed by atoms with Crippen molar-refractivity contribution in [3.05, 3.63) is 42.0 Å². The second-order valence-electron chi connectivity index (χ2n) is 3.77. The molecule has 0 spiro atoms. The van der Waals surface area contributed by atoms with E-state index in [0.29, 0.717) is 0 Å². The molecule has 0 saturated carbocycles. The zero-order chi connectivity index (χ0) is 10.7. The van der Waals surface area contributed by atoms with Gasteiger partial charge in [-0.2, -0.15) is 0 Å². The second kappa shape index (κ2) is 4.35. The predicted molar refractivity (Wildman–Crippen MR) is 64.5 cm³/mol. The summed E-state index contributed by atoms with van der Waals surface area (Å²) in [5.41, 5.74) is 1.35. The van der Waals surface area contributed by atoms with Crippen LogP contribution < -0.4 is 4.74 Å². The summed E-state index contributed by atoms with van der Waals surface area (Å²) in [6.07, 6.45) is 2.28. The molecule has 0 N–H and O–H groups in total. The molecule has 0 amide bonds. The van der Waals surface area contributed by atoms with Crippen molar-refractivity contribution in [2.45, 2.75) is 19.8 Å². The first kappa shape index (κ1) is 10.0. The molecule has 78 valence electrons. The summed E-state index contributed by atoms with van der Waals surface area (Å²) in [7, 11) is 1.73. The fourth-order valence-corrected chi connectivity index (χ4v) is 1.94. The lowest BCUT2D eigenvalue weighted by atomic mass is 10.0. The molecule has 0 aromatic heterocycles. The van der Waals surface area contributed by atoms with Crippen LogP contribution in [0.4, 0.5) is 0 Å². The summed E-state index contributed by atoms with van der Waals surface area (Å²) in [4.78, 5) is 0. The zero-order valence-corrected chi connectivity index (χ0v) is 9.29. The summed E-state index contributed by atoms with van der Waals surface area (Å²) in [5, 5.41) is 2.46. The van der Waals surface area contributed by atoms with E-state index < -0.39 is 0 Å². The van der Waals surface area contributed by atoms with Crippen molar-refractivity contribution in [2.75, 3.05) is 7.11 Å². The van der Waals surface area contributed by atoms with Crippen LogP contribution in [0.25, 0.3) is 10.8 Å². The SMILES string of the molecule is CCCc1cc(OC)c2ccccc2c1. The first-order valence-corrected chi connectivity index (χ1v) is 5.41. The van der Waals surface area contributed by atoms with E-state index in [1.54, 1.807) is 7.11 Å². The van der Waals surface area contributed by atoms with Gasteiger partial charge in [0.1, 0.15) is 5.75 Å². The van der Waals surface area contributed by atoms with Crippen LogP contribution in [0.15, 0.2) is 36.4 Å². The van der Waals surface area contributed by atoms with Crippen molar-refractivity contribution in [3.8, 4) is 5.75 Å². The van der Waals surface area contributed by atoms with Crippen LogP contribution >= 0.6 is 0 Å². The normalized spacial score (nSPS) is 10.5. The molecule has 2 aromatic carbocycles. The fraction of sp³-hybridized carbons (Fsp3) is 0.286. The van der Waals surface area contributed by atoms with Crippen molar-refractivity contribution in [1.29, 1.82) is 0 Å². The van der Waals surface area contributed by atoms with Crippen LogP contribution in [0.3, 0.4) is 0 Å². The lowest BCUT2D eigenvalue weighted by Gasteiger charge is -2.08. The van der Waals surface area contributed by atoms with Gasteiger partial charge in [0, 0.05) is 5.39 Å². The van der Waals surface area contributed by atoms with E-state index in [2.05, 4.69) is 37.3 Å². The molecule has 0 saturated heterocycles. The van der Waals surface area contributed by atoms with Crippen LogP contribution in [0.2, 0.25) is 0 Å². The molecule has 0 unspecified atom stereocenters. The molecule has 1 heteroatoms. The Morgan fingerprint density at radius 1 is 1.13 bits per heavy atom. The van der Waals surface area contributed by atoms with Crippen LogP contribution in [0, 0.1) is 0 Å². The molecule has 2 aromatic rings. The van der Waals surface area contributed by atoms with E-state index in [-0.39, 0.29) is 0 Å². The maximum atomic E-state index is 5.41. The van der Waals surface area contributed by atoms with Crippen molar-refractivity contribution in [2.24, 2.45) is 0 Å². The van der Waals surface area contributed by atoms with Crippen LogP contribution in [0.1, 0.15) is 18.9 Å². The summed E-state index contributed by atoms with van der Waals surface area (Å²) < 4.78 is 5.41. The third kappa shape index (κ3) is 1.96. The van der Waals surface area contributed by atoms with Gasteiger partial charge in [-0.15, -0.1) is 0 Å². The van der Waals surface area contributed by atoms with Gasteiger partial charge in [-0.1, -0.05) is 43.7 Å². The highest BCUT2D eigenvalue weighted by Gasteiger charge is 2.02. The van der Waals surface area contributed by atoms with E-state index in [1.807, 2.05) is 6.07 Å². The maximum Gasteiger partial charge on any atom is 0.126 e. The summed E-state index contributed by atoms with van der Waals surface area (Å²) in [6.45, 7) is 2.20. The number of hydrogen-bond acceptors (Lipinski definition) is 1. The third-order valence-corrected chi connectivity index (χ3v) is 2.64. The van der Waals surface area contributed by atoms with Crippen molar-refractivity contribution in [3.63, 3.8) is 0 Å². The number of aryl methyl sites for hydroxylation is 1. The van der Waals surface area contributed by atoms with Gasteiger partial charge in [0.2, 0.25) is 0 Å². The van der Waals surface area contributed by atoms with Crippen LogP contribution in [-0.4, -0.2) is 7.11 Å². The molecular weight excluding hydrogens is 184 g/mol. The Morgan fingerprint density at radius 2 is 1.93 bits per heavy atom. The minimum absolute atomic E-state index is 0.983. The van der Waals surface area contributed by atoms with Gasteiger partial charge in [-0.05, 0) is 23.4 Å². The topological polar surface area (TPSA) is 9.23 Å². The van der Waals surface area contributed by atoms with Crippen LogP contribution in [0.5, 0.6) is 5.75 Å². The number of methoxy groups -OCH3 is 1. The molecule has 15 heavy (non-hydrogen) atoms. The van der Waals surface area contributed by atoms with Crippen molar-refractivity contribution < 1.29 is 4.74 Å². The highest BCUT2D eigenvalue weighted by molar-refractivity contribution is 5.89. The lowest BCUT2D eigenvalue weighted by molar-refractivity contribution is 0.419. The van der Waals surface area contributed by atoms with Gasteiger partial charge >= 0.3 is 0 Å². The molecule has 0 fully saturated rings. The first-order valence-electron chi connectivity index (χ1n) is 5.41. The van der Waals surface area contributed by atoms with Gasteiger partial charge in [0.25, 0.3) is 0 Å². The smallest absolute Gasteiger partial charge is 0.126 e. The van der Waals surface area contributed by atoms with Gasteiger partial charge in [0.05, 0.1) is 7.11 Å². The Balaban J connectivity index is 2.60. The van der Waals surface area contributed by atoms with Gasteiger partial charge in [0.15, 0.2) is 0 Å². The maximum absolute atomic E-state index is 5.41. The number of benzene rings is 2. The average molecular weight is 200 g/mol. The van der Waals surface area contributed by atoms with E-state index >= 15 is 0 Å². The van der Waals surface area contributed by atoms with E-state index in [9.17, 15) is 0 Å². The quantitative estimate of drug-likeness (QED) is 0.732. The first-order chi connectivity index (χ1) is 7.35. The molecule has 2 rings (SSSR count). The number of rotatable bonds is 3. The number of hydrogen-bond donors (Lipinski definition) is 0. The van der Waals surface area contributed by atoms with Crippen LogP contribution in [-0.2, 0) is 6.42 Å². The molecule has 0 heterocycles. The monoisotopic (exact) mass is 200 g/mol. The minimum Gasteiger partial charge on any atom is -0.496 e. The molecule has 0 aliphatic carbocycles. The molecule has 0 bridgehead atoms. The molecular formula is C14H16O. The molecule has 0 atom stereocenters. The van der Waals surface area contributed by atoms with Gasteiger partial charge < -0.3 is 4.74 Å². The van der Waals surface area contributed by atoms with E-state index in [1.165, 1.54) is 22.8 Å². The molecule has 0 aliphatic heterocycles. The Morgan fingerprint density at radius 3 is 2.67 bits per heavy atom. The third-order valence-electron chi connectivity index (χ3n) is 2.64. The molecule has 1 nitrogen and oxygen atoms in total. The standard InChI is InChI=1S/C14H16O/c1-3-6-11-9-12-7-4-5-8-13(12)14(10-11)15-2/h4-5,7-10H,3,6H2,1-2H3. The van der Waals surface area contributed by atoms with Crippen molar-refractivity contribution in [1.82, 2.24) is 0 Å². The highest BCUT2D eigenvalue weighted by atomic mass is 16.5. The van der Waals surface area contributed by atoms with Crippen molar-refractivity contribution >= 4 is 10.8 Å². The average Bonchev–Trinajstić information content (AvgIpc) is 2.28. The Labute approximate surface area is 90.7 Å². The molecule has 0 aliphatic rings. The van der Waals surface area contributed by atoms with E-state index in [0.717, 1.165) is 12.2 Å². The highest BCUT2D eigenvalue weighted by Crippen LogP contribution is 2.27. The lowest BCUT2D eigenvalue weighted by Crippen LogP contribution is -1.89.